The minimum absolute atomic E-state index is 0.0936. The van der Waals surface area contributed by atoms with Crippen LogP contribution in [0.25, 0.3) is 11.2 Å². The van der Waals surface area contributed by atoms with Crippen molar-refractivity contribution in [2.45, 2.75) is 12.1 Å². The molecule has 9 heteroatoms. The Bertz CT molecular complexity index is 1130. The van der Waals surface area contributed by atoms with Gasteiger partial charge in [0, 0.05) is 32.1 Å². The van der Waals surface area contributed by atoms with Gasteiger partial charge in [0.2, 0.25) is 5.95 Å². The molecule has 1 unspecified atom stereocenters. The Morgan fingerprint density at radius 2 is 2.04 bits per heavy atom. The highest BCUT2D eigenvalue weighted by molar-refractivity contribution is 6.30. The summed E-state index contributed by atoms with van der Waals surface area (Å²) < 4.78 is 18.4. The lowest BCUT2D eigenvalue weighted by Gasteiger charge is -2.22. The summed E-state index contributed by atoms with van der Waals surface area (Å²) >= 11 is 6.00. The molecule has 0 aliphatic carbocycles. The van der Waals surface area contributed by atoms with E-state index in [0.717, 1.165) is 0 Å². The van der Waals surface area contributed by atoms with E-state index in [1.165, 1.54) is 11.6 Å². The van der Waals surface area contributed by atoms with Gasteiger partial charge in [-0.1, -0.05) is 23.7 Å². The number of aryl methyl sites for hydroxylation is 2. The quantitative estimate of drug-likeness (QED) is 0.737. The number of imidazole rings is 1. The predicted octanol–water partition coefficient (Wildman–Crippen LogP) is 1.69. The zero-order valence-corrected chi connectivity index (χ0v) is 15.0. The van der Waals surface area contributed by atoms with E-state index in [1.54, 1.807) is 40.8 Å². The van der Waals surface area contributed by atoms with Crippen LogP contribution in [0.2, 0.25) is 5.02 Å². The number of fused-ring (bicyclic) bond motifs is 1. The van der Waals surface area contributed by atoms with E-state index in [0.29, 0.717) is 23.1 Å². The molecule has 3 heterocycles. The standard InChI is InChI=1S/C17H17ClFN5O2/c1-22-12-13(23(2)16(26)21-14(12)25)20-15(22)24-7-6-17(19,9-24)10-4-3-5-11(18)8-10/h3-5,8H,6-7,9H2,1-2H3,(H,21,25,26). The van der Waals surface area contributed by atoms with E-state index in [1.807, 2.05) is 0 Å². The van der Waals surface area contributed by atoms with Crippen molar-refractivity contribution in [2.24, 2.45) is 14.1 Å². The molecule has 0 spiro atoms. The number of aromatic amines is 1. The summed E-state index contributed by atoms with van der Waals surface area (Å²) in [5, 5.41) is 0.488. The monoisotopic (exact) mass is 377 g/mol. The van der Waals surface area contributed by atoms with Crippen molar-refractivity contribution < 1.29 is 4.39 Å². The van der Waals surface area contributed by atoms with Gasteiger partial charge in [-0.15, -0.1) is 0 Å². The molecule has 1 N–H and O–H groups in total. The molecule has 1 aliphatic heterocycles. The van der Waals surface area contributed by atoms with Crippen molar-refractivity contribution in [1.82, 2.24) is 19.1 Å². The largest absolute Gasteiger partial charge is 0.338 e. The van der Waals surface area contributed by atoms with Gasteiger partial charge in [0.05, 0.1) is 6.54 Å². The lowest BCUT2D eigenvalue weighted by Crippen LogP contribution is -2.29. The van der Waals surface area contributed by atoms with Gasteiger partial charge in [0.1, 0.15) is 0 Å². The molecule has 2 aromatic heterocycles. The molecule has 1 aliphatic rings. The van der Waals surface area contributed by atoms with Crippen molar-refractivity contribution in [3.8, 4) is 0 Å². The maximum atomic E-state index is 15.5. The van der Waals surface area contributed by atoms with E-state index >= 15 is 4.39 Å². The molecule has 7 nitrogen and oxygen atoms in total. The molecule has 136 valence electrons. The van der Waals surface area contributed by atoms with Gasteiger partial charge in [-0.3, -0.25) is 14.3 Å². The van der Waals surface area contributed by atoms with Crippen LogP contribution in [0.15, 0.2) is 33.9 Å². The normalized spacial score (nSPS) is 20.2. The van der Waals surface area contributed by atoms with Crippen LogP contribution in [0.4, 0.5) is 10.3 Å². The van der Waals surface area contributed by atoms with Crippen molar-refractivity contribution in [3.05, 3.63) is 55.7 Å². The molecule has 3 aromatic rings. The molecule has 0 amide bonds. The van der Waals surface area contributed by atoms with Crippen LogP contribution in [-0.2, 0) is 19.8 Å². The number of rotatable bonds is 2. The second-order valence-electron chi connectivity index (χ2n) is 6.61. The maximum Gasteiger partial charge on any atom is 0.329 e. The van der Waals surface area contributed by atoms with Crippen molar-refractivity contribution in [1.29, 1.82) is 0 Å². The van der Waals surface area contributed by atoms with Gasteiger partial charge in [-0.2, -0.15) is 4.98 Å². The average molecular weight is 378 g/mol. The Balaban J connectivity index is 1.77. The van der Waals surface area contributed by atoms with E-state index < -0.39 is 16.9 Å². The highest BCUT2D eigenvalue weighted by Crippen LogP contribution is 2.38. The van der Waals surface area contributed by atoms with Crippen LogP contribution >= 0.6 is 11.6 Å². The molecule has 4 rings (SSSR count). The van der Waals surface area contributed by atoms with Gasteiger partial charge >= 0.3 is 5.69 Å². The number of nitrogens with zero attached hydrogens (tertiary/aromatic N) is 4. The first-order valence-corrected chi connectivity index (χ1v) is 8.53. The van der Waals surface area contributed by atoms with Crippen molar-refractivity contribution in [2.75, 3.05) is 18.0 Å². The third-order valence-electron chi connectivity index (χ3n) is 4.96. The first kappa shape index (κ1) is 16.8. The second-order valence-corrected chi connectivity index (χ2v) is 7.04. The summed E-state index contributed by atoms with van der Waals surface area (Å²) in [4.78, 5) is 32.4. The van der Waals surface area contributed by atoms with Crippen LogP contribution in [0.1, 0.15) is 12.0 Å². The molecule has 0 radical (unpaired) electrons. The third kappa shape index (κ3) is 2.44. The van der Waals surface area contributed by atoms with Gasteiger partial charge in [-0.05, 0) is 17.7 Å². The minimum Gasteiger partial charge on any atom is -0.338 e. The fraction of sp³-hybridized carbons (Fsp3) is 0.353. The molecule has 1 saturated heterocycles. The zero-order chi connectivity index (χ0) is 18.6. The highest BCUT2D eigenvalue weighted by Gasteiger charge is 2.41. The van der Waals surface area contributed by atoms with Crippen LogP contribution in [0.5, 0.6) is 0 Å². The van der Waals surface area contributed by atoms with Crippen LogP contribution in [-0.4, -0.2) is 32.2 Å². The summed E-state index contributed by atoms with van der Waals surface area (Å²) in [7, 11) is 3.22. The third-order valence-corrected chi connectivity index (χ3v) is 5.19. The molecule has 1 atom stereocenters. The molecule has 1 fully saturated rings. The molecule has 26 heavy (non-hydrogen) atoms. The first-order valence-electron chi connectivity index (χ1n) is 8.16. The lowest BCUT2D eigenvalue weighted by atomic mass is 9.95. The minimum atomic E-state index is -1.55. The summed E-state index contributed by atoms with van der Waals surface area (Å²) in [5.74, 6) is 0.452. The smallest absolute Gasteiger partial charge is 0.329 e. The van der Waals surface area contributed by atoms with Crippen LogP contribution in [0.3, 0.4) is 0 Å². The summed E-state index contributed by atoms with van der Waals surface area (Å²) in [6, 6.07) is 6.79. The summed E-state index contributed by atoms with van der Waals surface area (Å²) in [6.45, 7) is 0.530. The Hall–Kier alpha value is -2.61. The summed E-state index contributed by atoms with van der Waals surface area (Å²) in [5.41, 5.74) is -1.52. The van der Waals surface area contributed by atoms with Gasteiger partial charge < -0.3 is 9.47 Å². The van der Waals surface area contributed by atoms with Gasteiger partial charge in [0.25, 0.3) is 5.56 Å². The predicted molar refractivity (Wildman–Crippen MR) is 97.6 cm³/mol. The molecule has 1 aromatic carbocycles. The van der Waals surface area contributed by atoms with E-state index in [4.69, 9.17) is 11.6 Å². The van der Waals surface area contributed by atoms with Crippen molar-refractivity contribution >= 4 is 28.7 Å². The Morgan fingerprint density at radius 1 is 1.27 bits per heavy atom. The van der Waals surface area contributed by atoms with E-state index in [2.05, 4.69) is 9.97 Å². The SMILES string of the molecule is Cn1c(N2CCC(F)(c3cccc(Cl)c3)C2)nc2c1c(=O)[nH]c(=O)n2C. The number of aromatic nitrogens is 4. The highest BCUT2D eigenvalue weighted by atomic mass is 35.5. The molecular weight excluding hydrogens is 361 g/mol. The van der Waals surface area contributed by atoms with Crippen molar-refractivity contribution in [3.63, 3.8) is 0 Å². The number of anilines is 1. The molecular formula is C17H17ClFN5O2. The number of alkyl halides is 1. The summed E-state index contributed by atoms with van der Waals surface area (Å²) in [6.07, 6.45) is 0.284. The number of nitrogens with one attached hydrogen (secondary N) is 1. The van der Waals surface area contributed by atoms with E-state index in [9.17, 15) is 9.59 Å². The number of hydrogen-bond acceptors (Lipinski definition) is 4. The number of halogens is 2. The average Bonchev–Trinajstić information content (AvgIpc) is 3.15. The van der Waals surface area contributed by atoms with Crippen LogP contribution in [0, 0.1) is 0 Å². The lowest BCUT2D eigenvalue weighted by molar-refractivity contribution is 0.196. The molecule has 0 bridgehead atoms. The van der Waals surface area contributed by atoms with Crippen LogP contribution < -0.4 is 16.1 Å². The zero-order valence-electron chi connectivity index (χ0n) is 14.3. The fourth-order valence-corrected chi connectivity index (χ4v) is 3.72. The Morgan fingerprint density at radius 3 is 2.77 bits per heavy atom. The van der Waals surface area contributed by atoms with E-state index in [-0.39, 0.29) is 24.1 Å². The number of benzene rings is 1. The first-order chi connectivity index (χ1) is 12.3. The van der Waals surface area contributed by atoms with Gasteiger partial charge in [0.15, 0.2) is 16.8 Å². The van der Waals surface area contributed by atoms with Gasteiger partial charge in [-0.25, -0.2) is 9.18 Å². The molecule has 0 saturated carbocycles. The Labute approximate surface area is 152 Å². The number of hydrogen-bond donors (Lipinski definition) is 1. The topological polar surface area (TPSA) is 75.9 Å². The maximum absolute atomic E-state index is 15.5. The number of H-pyrrole nitrogens is 1. The fourth-order valence-electron chi connectivity index (χ4n) is 3.53. The Kier molecular flexibility index (Phi) is 3.69. The second kappa shape index (κ2) is 5.70.